The molecule has 0 spiro atoms. The zero-order chi connectivity index (χ0) is 21.5. The van der Waals surface area contributed by atoms with Gasteiger partial charge in [0.1, 0.15) is 11.9 Å². The lowest BCUT2D eigenvalue weighted by Gasteiger charge is -2.37. The Balaban J connectivity index is 1.69. The first-order valence-electron chi connectivity index (χ1n) is 9.55. The first-order chi connectivity index (χ1) is 14.2. The molecule has 0 unspecified atom stereocenters. The number of halogens is 3. The maximum absolute atomic E-state index is 14.6. The molecule has 1 aromatic heterocycles. The standard InChI is InChI=1S/C21H20F3N5O/c1-20(21(23,24)11-30-19(26)29-20)15-8-14(5-6-16(15)22)28-17-4-2-3-13-7-12(9-25)10-27-18(13)17/h5-8,10,17,28H,2-4,11H2,1H3,(H2,26,29)/t17-,20+/m0/s1. The fourth-order valence-corrected chi connectivity index (χ4v) is 3.96. The number of anilines is 1. The van der Waals surface area contributed by atoms with Crippen molar-refractivity contribution >= 4 is 11.7 Å². The third-order valence-electron chi connectivity index (χ3n) is 5.68. The molecule has 3 N–H and O–H groups in total. The summed E-state index contributed by atoms with van der Waals surface area (Å²) in [6.07, 6.45) is 3.97. The quantitative estimate of drug-likeness (QED) is 0.795. The van der Waals surface area contributed by atoms with E-state index in [1.165, 1.54) is 18.3 Å². The predicted molar refractivity (Wildman–Crippen MR) is 105 cm³/mol. The highest BCUT2D eigenvalue weighted by atomic mass is 19.3. The van der Waals surface area contributed by atoms with Crippen LogP contribution in [0.3, 0.4) is 0 Å². The number of aromatic nitrogens is 1. The van der Waals surface area contributed by atoms with E-state index in [9.17, 15) is 13.2 Å². The van der Waals surface area contributed by atoms with Gasteiger partial charge in [0.15, 0.2) is 12.1 Å². The minimum Gasteiger partial charge on any atom is -0.459 e. The highest BCUT2D eigenvalue weighted by Gasteiger charge is 2.56. The number of nitriles is 1. The van der Waals surface area contributed by atoms with Gasteiger partial charge >= 0.3 is 5.92 Å². The number of ether oxygens (including phenoxy) is 1. The Bertz CT molecular complexity index is 1070. The van der Waals surface area contributed by atoms with Crippen LogP contribution < -0.4 is 11.1 Å². The van der Waals surface area contributed by atoms with Crippen molar-refractivity contribution in [1.82, 2.24) is 4.98 Å². The number of fused-ring (bicyclic) bond motifs is 1. The fraction of sp³-hybridized carbons (Fsp3) is 0.381. The zero-order valence-corrected chi connectivity index (χ0v) is 16.3. The molecule has 1 aromatic carbocycles. The maximum atomic E-state index is 14.6. The summed E-state index contributed by atoms with van der Waals surface area (Å²) in [5.74, 6) is -4.25. The molecule has 2 aliphatic rings. The van der Waals surface area contributed by atoms with Crippen LogP contribution >= 0.6 is 0 Å². The van der Waals surface area contributed by atoms with Crippen LogP contribution in [0.5, 0.6) is 0 Å². The Hall–Kier alpha value is -3.28. The van der Waals surface area contributed by atoms with E-state index in [-0.39, 0.29) is 11.6 Å². The molecule has 0 radical (unpaired) electrons. The molecule has 156 valence electrons. The molecular weight excluding hydrogens is 395 g/mol. The van der Waals surface area contributed by atoms with E-state index < -0.39 is 29.9 Å². The van der Waals surface area contributed by atoms with Crippen LogP contribution in [0.2, 0.25) is 0 Å². The number of pyridine rings is 1. The van der Waals surface area contributed by atoms with Crippen LogP contribution in [0.25, 0.3) is 0 Å². The Labute approximate surface area is 171 Å². The molecule has 30 heavy (non-hydrogen) atoms. The van der Waals surface area contributed by atoms with Crippen LogP contribution in [-0.2, 0) is 16.7 Å². The van der Waals surface area contributed by atoms with Gasteiger partial charge in [-0.1, -0.05) is 0 Å². The third-order valence-corrected chi connectivity index (χ3v) is 5.68. The van der Waals surface area contributed by atoms with Crippen molar-refractivity contribution < 1.29 is 17.9 Å². The lowest BCUT2D eigenvalue weighted by molar-refractivity contribution is -0.117. The number of rotatable bonds is 3. The van der Waals surface area contributed by atoms with Crippen molar-refractivity contribution in [2.75, 3.05) is 11.9 Å². The molecule has 2 atom stereocenters. The third kappa shape index (κ3) is 3.32. The zero-order valence-electron chi connectivity index (χ0n) is 16.3. The summed E-state index contributed by atoms with van der Waals surface area (Å²) >= 11 is 0. The lowest BCUT2D eigenvalue weighted by Crippen LogP contribution is -2.51. The van der Waals surface area contributed by atoms with E-state index in [1.54, 1.807) is 0 Å². The van der Waals surface area contributed by atoms with Crippen LogP contribution in [0.15, 0.2) is 35.5 Å². The summed E-state index contributed by atoms with van der Waals surface area (Å²) in [5, 5.41) is 12.3. The minimum atomic E-state index is -3.44. The number of nitrogens with two attached hydrogens (primary N) is 1. The summed E-state index contributed by atoms with van der Waals surface area (Å²) in [4.78, 5) is 8.16. The van der Waals surface area contributed by atoms with Gasteiger partial charge in [-0.2, -0.15) is 14.0 Å². The summed E-state index contributed by atoms with van der Waals surface area (Å²) in [6.45, 7) is 0.169. The van der Waals surface area contributed by atoms with E-state index in [4.69, 9.17) is 11.0 Å². The Kier molecular flexibility index (Phi) is 4.80. The van der Waals surface area contributed by atoms with Crippen LogP contribution in [-0.4, -0.2) is 23.5 Å². The van der Waals surface area contributed by atoms with E-state index in [1.807, 2.05) is 6.07 Å². The predicted octanol–water partition coefficient (Wildman–Crippen LogP) is 3.78. The molecular formula is C21H20F3N5O. The van der Waals surface area contributed by atoms with Crippen molar-refractivity contribution in [2.45, 2.75) is 43.7 Å². The molecule has 6 nitrogen and oxygen atoms in total. The van der Waals surface area contributed by atoms with Crippen molar-refractivity contribution in [3.63, 3.8) is 0 Å². The molecule has 1 aliphatic heterocycles. The largest absolute Gasteiger partial charge is 0.459 e. The minimum absolute atomic E-state index is 0.184. The Morgan fingerprint density at radius 1 is 1.33 bits per heavy atom. The first kappa shape index (κ1) is 20.0. The van der Waals surface area contributed by atoms with E-state index in [0.29, 0.717) is 11.3 Å². The summed E-state index contributed by atoms with van der Waals surface area (Å²) in [7, 11) is 0. The first-order valence-corrected chi connectivity index (χ1v) is 9.55. The second-order valence-corrected chi connectivity index (χ2v) is 7.68. The van der Waals surface area contributed by atoms with Gasteiger partial charge < -0.3 is 15.8 Å². The number of nitrogens with zero attached hydrogens (tertiary/aromatic N) is 3. The number of nitrogens with one attached hydrogen (secondary N) is 1. The second kappa shape index (κ2) is 7.20. The highest BCUT2D eigenvalue weighted by molar-refractivity contribution is 5.73. The van der Waals surface area contributed by atoms with Gasteiger partial charge in [0, 0.05) is 17.4 Å². The number of benzene rings is 1. The number of aryl methyl sites for hydroxylation is 1. The van der Waals surface area contributed by atoms with Crippen molar-refractivity contribution in [2.24, 2.45) is 10.7 Å². The molecule has 0 amide bonds. The monoisotopic (exact) mass is 415 g/mol. The van der Waals surface area contributed by atoms with E-state index in [0.717, 1.165) is 43.5 Å². The normalized spacial score (nSPS) is 24.8. The van der Waals surface area contributed by atoms with Gasteiger partial charge in [0.05, 0.1) is 17.3 Å². The Morgan fingerprint density at radius 2 is 2.13 bits per heavy atom. The molecule has 0 saturated heterocycles. The summed E-state index contributed by atoms with van der Waals surface area (Å²) in [5.41, 5.74) is 5.77. The average Bonchev–Trinajstić information content (AvgIpc) is 2.72. The van der Waals surface area contributed by atoms with Gasteiger partial charge in [-0.25, -0.2) is 9.38 Å². The fourth-order valence-electron chi connectivity index (χ4n) is 3.96. The lowest BCUT2D eigenvalue weighted by atomic mass is 9.84. The van der Waals surface area contributed by atoms with Gasteiger partial charge in [0.25, 0.3) is 6.02 Å². The average molecular weight is 415 g/mol. The van der Waals surface area contributed by atoms with Gasteiger partial charge in [0.2, 0.25) is 0 Å². The van der Waals surface area contributed by atoms with Gasteiger partial charge in [-0.3, -0.25) is 4.98 Å². The second-order valence-electron chi connectivity index (χ2n) is 7.68. The molecule has 0 bridgehead atoms. The van der Waals surface area contributed by atoms with Crippen molar-refractivity contribution in [1.29, 1.82) is 5.26 Å². The molecule has 0 saturated carbocycles. The van der Waals surface area contributed by atoms with E-state index >= 15 is 0 Å². The number of aliphatic imine (C=N–C) groups is 1. The molecule has 2 aromatic rings. The van der Waals surface area contributed by atoms with E-state index in [2.05, 4.69) is 26.1 Å². The van der Waals surface area contributed by atoms with Crippen LogP contribution in [0, 0.1) is 17.1 Å². The number of amidine groups is 1. The molecule has 1 aliphatic carbocycles. The number of hydrogen-bond donors (Lipinski definition) is 2. The molecule has 0 fully saturated rings. The van der Waals surface area contributed by atoms with Crippen LogP contribution in [0.4, 0.5) is 18.9 Å². The smallest absolute Gasteiger partial charge is 0.310 e. The Morgan fingerprint density at radius 3 is 2.90 bits per heavy atom. The molecule has 9 heteroatoms. The molecule has 2 heterocycles. The number of hydrogen-bond acceptors (Lipinski definition) is 6. The van der Waals surface area contributed by atoms with Gasteiger partial charge in [-0.05, 0) is 56.0 Å². The highest BCUT2D eigenvalue weighted by Crippen LogP contribution is 2.45. The molecule has 4 rings (SSSR count). The number of alkyl halides is 2. The summed E-state index contributed by atoms with van der Waals surface area (Å²) < 4.78 is 48.6. The maximum Gasteiger partial charge on any atom is 0.310 e. The van der Waals surface area contributed by atoms with Crippen LogP contribution in [0.1, 0.15) is 48.2 Å². The topological polar surface area (TPSA) is 96.3 Å². The van der Waals surface area contributed by atoms with Crippen molar-refractivity contribution in [3.05, 3.63) is 58.7 Å². The SMILES string of the molecule is C[C@]1(c2cc(N[C@H]3CCCc4cc(C#N)cnc43)ccc2F)N=C(N)OCC1(F)F. The van der Waals surface area contributed by atoms with Crippen molar-refractivity contribution in [3.8, 4) is 6.07 Å². The van der Waals surface area contributed by atoms with Gasteiger partial charge in [-0.15, -0.1) is 0 Å². The summed E-state index contributed by atoms with van der Waals surface area (Å²) in [6, 6.07) is 7.27.